The highest BCUT2D eigenvalue weighted by Gasteiger charge is 2.18. The van der Waals surface area contributed by atoms with Crippen molar-refractivity contribution in [1.29, 1.82) is 0 Å². The van der Waals surface area contributed by atoms with Gasteiger partial charge >= 0.3 is 11.7 Å². The minimum Gasteiger partial charge on any atom is -0.483 e. The van der Waals surface area contributed by atoms with Crippen LogP contribution in [0.15, 0.2) is 30.9 Å². The maximum absolute atomic E-state index is 11.3. The zero-order valence-electron chi connectivity index (χ0n) is 9.21. The highest BCUT2D eigenvalue weighted by atomic mass is 16.6. The van der Waals surface area contributed by atoms with E-state index < -0.39 is 10.9 Å². The van der Waals surface area contributed by atoms with Crippen LogP contribution in [0.5, 0.6) is 5.75 Å². The van der Waals surface area contributed by atoms with Crippen LogP contribution < -0.4 is 4.74 Å². The molecule has 0 spiro atoms. The molecule has 0 bridgehead atoms. The van der Waals surface area contributed by atoms with E-state index in [0.29, 0.717) is 0 Å². The van der Waals surface area contributed by atoms with Gasteiger partial charge in [-0.2, -0.15) is 0 Å². The summed E-state index contributed by atoms with van der Waals surface area (Å²) < 4.78 is 9.63. The predicted octanol–water partition coefficient (Wildman–Crippen LogP) is 1.95. The minimum atomic E-state index is -0.584. The summed E-state index contributed by atoms with van der Waals surface area (Å²) in [5, 5.41) is 10.7. The Labute approximate surface area is 97.6 Å². The zero-order chi connectivity index (χ0) is 12.8. The summed E-state index contributed by atoms with van der Waals surface area (Å²) in [5.74, 6) is -0.568. The monoisotopic (exact) mass is 237 g/mol. The van der Waals surface area contributed by atoms with E-state index in [1.54, 1.807) is 0 Å². The van der Waals surface area contributed by atoms with Crippen LogP contribution in [0, 0.1) is 10.1 Å². The predicted molar refractivity (Wildman–Crippen MR) is 60.1 cm³/mol. The molecule has 1 aromatic carbocycles. The first-order valence-corrected chi connectivity index (χ1v) is 4.70. The summed E-state index contributed by atoms with van der Waals surface area (Å²) in [6, 6.07) is 3.78. The largest absolute Gasteiger partial charge is 0.483 e. The molecular weight excluding hydrogens is 226 g/mol. The van der Waals surface area contributed by atoms with Crippen molar-refractivity contribution in [3.63, 3.8) is 0 Å². The molecule has 0 amide bonds. The van der Waals surface area contributed by atoms with Crippen molar-refractivity contribution in [3.05, 3.63) is 46.5 Å². The summed E-state index contributed by atoms with van der Waals surface area (Å²) in [4.78, 5) is 21.4. The maximum Gasteiger partial charge on any atom is 0.337 e. The quantitative estimate of drug-likeness (QED) is 0.338. The lowest BCUT2D eigenvalue weighted by Crippen LogP contribution is -2.04. The molecule has 0 aromatic heterocycles. The number of methoxy groups -OCH3 is 1. The van der Waals surface area contributed by atoms with Gasteiger partial charge in [-0.3, -0.25) is 10.1 Å². The molecule has 0 heterocycles. The number of nitrogens with zero attached hydrogens (tertiary/aromatic N) is 1. The molecule has 0 aliphatic heterocycles. The Kier molecular flexibility index (Phi) is 4.21. The zero-order valence-corrected chi connectivity index (χ0v) is 9.21. The Balaban J connectivity index is 3.13. The number of esters is 1. The van der Waals surface area contributed by atoms with Crippen molar-refractivity contribution < 1.29 is 19.2 Å². The van der Waals surface area contributed by atoms with E-state index >= 15 is 0 Å². The topological polar surface area (TPSA) is 78.7 Å². The Morgan fingerprint density at radius 1 is 1.59 bits per heavy atom. The van der Waals surface area contributed by atoms with Gasteiger partial charge in [0, 0.05) is 12.1 Å². The lowest BCUT2D eigenvalue weighted by molar-refractivity contribution is -0.385. The average molecular weight is 237 g/mol. The molecule has 0 saturated carbocycles. The molecule has 0 N–H and O–H groups in total. The normalized spacial score (nSPS) is 9.47. The lowest BCUT2D eigenvalue weighted by Gasteiger charge is -2.06. The highest BCUT2D eigenvalue weighted by Crippen LogP contribution is 2.28. The molecule has 17 heavy (non-hydrogen) atoms. The van der Waals surface area contributed by atoms with Gasteiger partial charge in [-0.1, -0.05) is 12.7 Å². The summed E-state index contributed by atoms with van der Waals surface area (Å²) >= 11 is 0. The van der Waals surface area contributed by atoms with Gasteiger partial charge in [0.15, 0.2) is 5.75 Å². The Hall–Kier alpha value is -2.37. The molecule has 1 rings (SSSR count). The standard InChI is InChI=1S/C11H11NO5/c1-3-6-17-10-7-8(11(13)16-2)4-5-9(10)12(14)15/h3-5,7H,1,6H2,2H3. The van der Waals surface area contributed by atoms with Gasteiger partial charge in [0.05, 0.1) is 17.6 Å². The van der Waals surface area contributed by atoms with Crippen molar-refractivity contribution in [2.24, 2.45) is 0 Å². The van der Waals surface area contributed by atoms with E-state index in [1.165, 1.54) is 31.4 Å². The number of hydrogen-bond acceptors (Lipinski definition) is 5. The third kappa shape index (κ3) is 3.04. The molecule has 0 radical (unpaired) electrons. The fourth-order valence-electron chi connectivity index (χ4n) is 1.17. The van der Waals surface area contributed by atoms with E-state index in [2.05, 4.69) is 11.3 Å². The van der Waals surface area contributed by atoms with Crippen molar-refractivity contribution in [2.75, 3.05) is 13.7 Å². The van der Waals surface area contributed by atoms with Crippen LogP contribution in [0.3, 0.4) is 0 Å². The molecule has 90 valence electrons. The number of ether oxygens (including phenoxy) is 2. The second-order valence-electron chi connectivity index (χ2n) is 3.03. The third-order valence-corrected chi connectivity index (χ3v) is 1.93. The number of hydrogen-bond donors (Lipinski definition) is 0. The summed E-state index contributed by atoms with van der Waals surface area (Å²) in [6.07, 6.45) is 1.45. The molecule has 6 nitrogen and oxygen atoms in total. The second-order valence-corrected chi connectivity index (χ2v) is 3.03. The van der Waals surface area contributed by atoms with Gasteiger partial charge in [0.2, 0.25) is 0 Å². The van der Waals surface area contributed by atoms with E-state index in [-0.39, 0.29) is 23.6 Å². The first-order chi connectivity index (χ1) is 8.10. The minimum absolute atomic E-state index is 0.0119. The SMILES string of the molecule is C=CCOc1cc(C(=O)OC)ccc1[N+](=O)[O-]. The summed E-state index contributed by atoms with van der Waals surface area (Å²) in [5.41, 5.74) is -0.0170. The van der Waals surface area contributed by atoms with Crippen molar-refractivity contribution >= 4 is 11.7 Å². The molecule has 0 aliphatic carbocycles. The maximum atomic E-state index is 11.3. The van der Waals surface area contributed by atoms with Gasteiger partial charge in [-0.05, 0) is 6.07 Å². The average Bonchev–Trinajstić information content (AvgIpc) is 2.34. The fraction of sp³-hybridized carbons (Fsp3) is 0.182. The number of rotatable bonds is 5. The van der Waals surface area contributed by atoms with Gasteiger partial charge in [0.25, 0.3) is 0 Å². The molecule has 0 unspecified atom stereocenters. The van der Waals surface area contributed by atoms with E-state index in [1.807, 2.05) is 0 Å². The second kappa shape index (κ2) is 5.64. The lowest BCUT2D eigenvalue weighted by atomic mass is 10.2. The van der Waals surface area contributed by atoms with Crippen LogP contribution >= 0.6 is 0 Å². The van der Waals surface area contributed by atoms with Crippen molar-refractivity contribution in [3.8, 4) is 5.75 Å². The van der Waals surface area contributed by atoms with Crippen LogP contribution in [-0.4, -0.2) is 24.6 Å². The molecule has 1 aromatic rings. The highest BCUT2D eigenvalue weighted by molar-refractivity contribution is 5.90. The number of nitro groups is 1. The molecule has 6 heteroatoms. The molecular formula is C11H11NO5. The molecule has 0 fully saturated rings. The summed E-state index contributed by atoms with van der Waals surface area (Å²) in [7, 11) is 1.23. The third-order valence-electron chi connectivity index (χ3n) is 1.93. The van der Waals surface area contributed by atoms with Crippen LogP contribution in [0.4, 0.5) is 5.69 Å². The molecule has 0 saturated heterocycles. The smallest absolute Gasteiger partial charge is 0.337 e. The van der Waals surface area contributed by atoms with Crippen LogP contribution in [0.1, 0.15) is 10.4 Å². The molecule has 0 aliphatic rings. The van der Waals surface area contributed by atoms with Gasteiger partial charge in [-0.15, -0.1) is 0 Å². The Morgan fingerprint density at radius 3 is 2.82 bits per heavy atom. The van der Waals surface area contributed by atoms with E-state index in [0.717, 1.165) is 0 Å². The number of nitro benzene ring substituents is 1. The summed E-state index contributed by atoms with van der Waals surface area (Å²) in [6.45, 7) is 3.55. The van der Waals surface area contributed by atoms with Crippen LogP contribution in [0.25, 0.3) is 0 Å². The van der Waals surface area contributed by atoms with Crippen molar-refractivity contribution in [2.45, 2.75) is 0 Å². The Bertz CT molecular complexity index is 455. The van der Waals surface area contributed by atoms with Gasteiger partial charge in [-0.25, -0.2) is 4.79 Å². The first kappa shape index (κ1) is 12.7. The first-order valence-electron chi connectivity index (χ1n) is 4.70. The number of carbonyl (C=O) groups excluding carboxylic acids is 1. The fourth-order valence-corrected chi connectivity index (χ4v) is 1.17. The van der Waals surface area contributed by atoms with Gasteiger partial charge < -0.3 is 9.47 Å². The van der Waals surface area contributed by atoms with E-state index in [9.17, 15) is 14.9 Å². The Morgan fingerprint density at radius 2 is 2.29 bits per heavy atom. The van der Waals surface area contributed by atoms with Gasteiger partial charge in [0.1, 0.15) is 6.61 Å². The van der Waals surface area contributed by atoms with E-state index in [4.69, 9.17) is 4.74 Å². The number of carbonyl (C=O) groups is 1. The van der Waals surface area contributed by atoms with Crippen LogP contribution in [0.2, 0.25) is 0 Å². The number of benzene rings is 1. The van der Waals surface area contributed by atoms with Crippen LogP contribution in [-0.2, 0) is 4.74 Å². The van der Waals surface area contributed by atoms with Crippen molar-refractivity contribution in [1.82, 2.24) is 0 Å². The molecule has 0 atom stereocenters.